The summed E-state index contributed by atoms with van der Waals surface area (Å²) in [5.74, 6) is -3.63. The molecule has 0 aromatic heterocycles. The van der Waals surface area contributed by atoms with Gasteiger partial charge in [-0.1, -0.05) is 26.0 Å². The van der Waals surface area contributed by atoms with E-state index in [4.69, 9.17) is 17.2 Å². The number of nitrogens with two attached hydrogens (primary N) is 3. The number of hydrogen-bond acceptors (Lipinski definition) is 8. The molecule has 14 heteroatoms. The van der Waals surface area contributed by atoms with Crippen LogP contribution in [0.15, 0.2) is 29.3 Å². The molecule has 0 radical (unpaired) electrons. The fourth-order valence-electron chi connectivity index (χ4n) is 3.57. The van der Waals surface area contributed by atoms with E-state index in [1.165, 1.54) is 19.1 Å². The van der Waals surface area contributed by atoms with Crippen molar-refractivity contribution in [2.75, 3.05) is 6.54 Å². The number of aromatic hydroxyl groups is 1. The lowest BCUT2D eigenvalue weighted by atomic mass is 10.00. The van der Waals surface area contributed by atoms with Crippen molar-refractivity contribution in [1.82, 2.24) is 16.0 Å². The van der Waals surface area contributed by atoms with Gasteiger partial charge in [-0.15, -0.1) is 0 Å². The van der Waals surface area contributed by atoms with Crippen LogP contribution in [0.1, 0.15) is 45.6 Å². The summed E-state index contributed by atoms with van der Waals surface area (Å²) >= 11 is 0. The van der Waals surface area contributed by atoms with E-state index in [1.807, 2.05) is 13.8 Å². The Bertz CT molecular complexity index is 995. The van der Waals surface area contributed by atoms with Gasteiger partial charge in [0, 0.05) is 13.0 Å². The number of aliphatic carboxylic acids is 1. The number of carboxylic acids is 1. The molecule has 0 fully saturated rings. The van der Waals surface area contributed by atoms with Crippen molar-refractivity contribution in [3.8, 4) is 5.75 Å². The van der Waals surface area contributed by atoms with Gasteiger partial charge in [0.15, 0.2) is 5.96 Å². The maximum absolute atomic E-state index is 13.3. The number of aliphatic hydroxyl groups excluding tert-OH is 1. The smallest absolute Gasteiger partial charge is 0.326 e. The summed E-state index contributed by atoms with van der Waals surface area (Å²) < 4.78 is 0. The van der Waals surface area contributed by atoms with Gasteiger partial charge >= 0.3 is 5.97 Å². The van der Waals surface area contributed by atoms with Gasteiger partial charge in [-0.3, -0.25) is 19.4 Å². The quantitative estimate of drug-likeness (QED) is 0.0638. The van der Waals surface area contributed by atoms with E-state index in [9.17, 15) is 34.5 Å². The molecule has 0 spiro atoms. The van der Waals surface area contributed by atoms with Crippen molar-refractivity contribution in [2.24, 2.45) is 28.1 Å². The molecular weight excluding hydrogens is 510 g/mol. The number of carbonyl (C=O) groups excluding carboxylic acids is 3. The lowest BCUT2D eigenvalue weighted by Crippen LogP contribution is -2.58. The summed E-state index contributed by atoms with van der Waals surface area (Å²) in [4.78, 5) is 54.5. The van der Waals surface area contributed by atoms with Crippen LogP contribution in [0.5, 0.6) is 5.75 Å². The molecule has 0 saturated carbocycles. The molecular formula is C25H41N7O7. The fraction of sp³-hybridized carbons (Fsp3) is 0.560. The molecule has 5 unspecified atom stereocenters. The number of carbonyl (C=O) groups is 4. The van der Waals surface area contributed by atoms with Crippen molar-refractivity contribution in [1.29, 1.82) is 0 Å². The highest BCUT2D eigenvalue weighted by molar-refractivity contribution is 5.94. The standard InChI is InChI=1S/C25H41N7O7/c1-13(2)11-18(21(35)30-17(24(38)39)5-4-10-29-25(27)28)31-22(36)19(32-23(37)20(26)14(3)33)12-15-6-8-16(34)9-7-15/h6-9,13-14,17-20,33-34H,4-5,10-12,26H2,1-3H3,(H,30,35)(H,31,36)(H,32,37)(H,38,39)(H4,27,28,29). The molecule has 218 valence electrons. The molecule has 3 amide bonds. The highest BCUT2D eigenvalue weighted by Gasteiger charge is 2.31. The molecule has 0 bridgehead atoms. The Morgan fingerprint density at radius 1 is 0.897 bits per heavy atom. The number of amides is 3. The Kier molecular flexibility index (Phi) is 13.7. The third-order valence-corrected chi connectivity index (χ3v) is 5.73. The largest absolute Gasteiger partial charge is 0.508 e. The number of benzene rings is 1. The molecule has 1 rings (SSSR count). The van der Waals surface area contributed by atoms with Gasteiger partial charge in [0.05, 0.1) is 6.10 Å². The van der Waals surface area contributed by atoms with Crippen molar-refractivity contribution in [3.63, 3.8) is 0 Å². The summed E-state index contributed by atoms with van der Waals surface area (Å²) in [5, 5.41) is 36.4. The van der Waals surface area contributed by atoms with Crippen LogP contribution in [0.25, 0.3) is 0 Å². The zero-order chi connectivity index (χ0) is 29.7. The third kappa shape index (κ3) is 12.5. The van der Waals surface area contributed by atoms with Crippen LogP contribution in [0.3, 0.4) is 0 Å². The molecule has 0 aliphatic rings. The van der Waals surface area contributed by atoms with Crippen LogP contribution < -0.4 is 33.2 Å². The van der Waals surface area contributed by atoms with Gasteiger partial charge in [0.1, 0.15) is 29.9 Å². The first-order valence-corrected chi connectivity index (χ1v) is 12.6. The van der Waals surface area contributed by atoms with Crippen molar-refractivity contribution >= 4 is 29.7 Å². The molecule has 0 saturated heterocycles. The van der Waals surface area contributed by atoms with Gasteiger partial charge in [0.25, 0.3) is 0 Å². The molecule has 5 atom stereocenters. The third-order valence-electron chi connectivity index (χ3n) is 5.73. The molecule has 12 N–H and O–H groups in total. The van der Waals surface area contributed by atoms with E-state index in [0.717, 1.165) is 0 Å². The monoisotopic (exact) mass is 551 g/mol. The Labute approximate surface area is 227 Å². The molecule has 1 aromatic carbocycles. The minimum atomic E-state index is -1.30. The summed E-state index contributed by atoms with van der Waals surface area (Å²) in [5.41, 5.74) is 16.8. The van der Waals surface area contributed by atoms with Gasteiger partial charge in [-0.05, 0) is 49.8 Å². The highest BCUT2D eigenvalue weighted by Crippen LogP contribution is 2.13. The molecule has 14 nitrogen and oxygen atoms in total. The molecule has 1 aromatic rings. The molecule has 0 aliphatic heterocycles. The first-order valence-electron chi connectivity index (χ1n) is 12.6. The fourth-order valence-corrected chi connectivity index (χ4v) is 3.57. The first kappa shape index (κ1) is 33.1. The number of hydrogen-bond donors (Lipinski definition) is 9. The average molecular weight is 552 g/mol. The lowest BCUT2D eigenvalue weighted by molar-refractivity contribution is -0.142. The van der Waals surface area contributed by atoms with Crippen LogP contribution >= 0.6 is 0 Å². The normalized spacial score (nSPS) is 14.8. The Morgan fingerprint density at radius 3 is 1.95 bits per heavy atom. The SMILES string of the molecule is CC(C)CC(NC(=O)C(Cc1ccc(O)cc1)NC(=O)C(N)C(C)O)C(=O)NC(CCCN=C(N)N)C(=O)O. The number of nitrogens with zero attached hydrogens (tertiary/aromatic N) is 1. The summed E-state index contributed by atoms with van der Waals surface area (Å²) in [7, 11) is 0. The summed E-state index contributed by atoms with van der Waals surface area (Å²) in [6.07, 6.45) is -0.660. The lowest BCUT2D eigenvalue weighted by Gasteiger charge is -2.26. The maximum atomic E-state index is 13.3. The van der Waals surface area contributed by atoms with E-state index in [-0.39, 0.29) is 43.4 Å². The van der Waals surface area contributed by atoms with Crippen LogP contribution in [0.2, 0.25) is 0 Å². The van der Waals surface area contributed by atoms with Gasteiger partial charge in [-0.2, -0.15) is 0 Å². The second kappa shape index (κ2) is 16.1. The number of carboxylic acid groups (broad SMARTS) is 1. The second-order valence-electron chi connectivity index (χ2n) is 9.74. The van der Waals surface area contributed by atoms with Gasteiger partial charge in [-0.25, -0.2) is 4.79 Å². The second-order valence-corrected chi connectivity index (χ2v) is 9.74. The van der Waals surface area contributed by atoms with Crippen molar-refractivity contribution < 1.29 is 34.5 Å². The minimum absolute atomic E-state index is 0.0110. The van der Waals surface area contributed by atoms with Crippen molar-refractivity contribution in [3.05, 3.63) is 29.8 Å². The number of rotatable bonds is 16. The summed E-state index contributed by atoms with van der Waals surface area (Å²) in [6.45, 7) is 5.17. The predicted molar refractivity (Wildman–Crippen MR) is 144 cm³/mol. The predicted octanol–water partition coefficient (Wildman–Crippen LogP) is -1.72. The molecule has 0 heterocycles. The first-order chi connectivity index (χ1) is 18.2. The Balaban J connectivity index is 3.09. The summed E-state index contributed by atoms with van der Waals surface area (Å²) in [6, 6.07) is 1.12. The van der Waals surface area contributed by atoms with E-state index in [1.54, 1.807) is 12.1 Å². The van der Waals surface area contributed by atoms with E-state index >= 15 is 0 Å². The molecule has 39 heavy (non-hydrogen) atoms. The zero-order valence-electron chi connectivity index (χ0n) is 22.5. The number of phenols is 1. The van der Waals surface area contributed by atoms with Crippen LogP contribution in [-0.2, 0) is 25.6 Å². The van der Waals surface area contributed by atoms with E-state index in [2.05, 4.69) is 20.9 Å². The zero-order valence-corrected chi connectivity index (χ0v) is 22.5. The van der Waals surface area contributed by atoms with Gasteiger partial charge in [0.2, 0.25) is 17.7 Å². The molecule has 0 aliphatic carbocycles. The number of guanidine groups is 1. The Morgan fingerprint density at radius 2 is 1.44 bits per heavy atom. The van der Waals surface area contributed by atoms with Crippen LogP contribution in [-0.4, -0.2) is 81.8 Å². The van der Waals surface area contributed by atoms with E-state index < -0.39 is 54.0 Å². The average Bonchev–Trinajstić information content (AvgIpc) is 2.84. The van der Waals surface area contributed by atoms with Gasteiger partial charge < -0.3 is 48.5 Å². The van der Waals surface area contributed by atoms with Crippen molar-refractivity contribution in [2.45, 2.75) is 76.7 Å². The highest BCUT2D eigenvalue weighted by atomic mass is 16.4. The number of nitrogens with one attached hydrogen (secondary N) is 3. The number of phenolic OH excluding ortho intramolecular Hbond substituents is 1. The van der Waals surface area contributed by atoms with E-state index in [0.29, 0.717) is 12.0 Å². The topological polar surface area (TPSA) is 255 Å². The minimum Gasteiger partial charge on any atom is -0.508 e. The van der Waals surface area contributed by atoms with Crippen LogP contribution in [0, 0.1) is 5.92 Å². The number of aliphatic imine (C=N–C) groups is 1. The number of aliphatic hydroxyl groups is 1. The maximum Gasteiger partial charge on any atom is 0.326 e. The van der Waals surface area contributed by atoms with Crippen LogP contribution in [0.4, 0.5) is 0 Å². The Hall–Kier alpha value is -3.91.